The second-order valence-electron chi connectivity index (χ2n) is 10.7. The maximum Gasteiger partial charge on any atom is 0.305 e. The van der Waals surface area contributed by atoms with Gasteiger partial charge in [-0.1, -0.05) is 64.7 Å². The minimum atomic E-state index is -0.915. The molecule has 0 heterocycles. The summed E-state index contributed by atoms with van der Waals surface area (Å²) in [5.74, 6) is -0.183. The zero-order valence-electron chi connectivity index (χ0n) is 21.8. The van der Waals surface area contributed by atoms with E-state index >= 15 is 0 Å². The van der Waals surface area contributed by atoms with Crippen LogP contribution < -0.4 is 0 Å². The van der Waals surface area contributed by atoms with Crippen LogP contribution in [0.15, 0.2) is 24.3 Å². The normalized spacial score (nSPS) is 20.7. The zero-order valence-corrected chi connectivity index (χ0v) is 23.0. The van der Waals surface area contributed by atoms with Crippen molar-refractivity contribution in [2.45, 2.75) is 97.8 Å². The van der Waals surface area contributed by atoms with Crippen LogP contribution in [0.5, 0.6) is 0 Å². The highest BCUT2D eigenvalue weighted by Gasteiger charge is 2.34. The summed E-state index contributed by atoms with van der Waals surface area (Å²) in [5.41, 5.74) is 0.151. The van der Waals surface area contributed by atoms with Gasteiger partial charge in [-0.3, -0.25) is 9.59 Å². The predicted molar refractivity (Wildman–Crippen MR) is 138 cm³/mol. The van der Waals surface area contributed by atoms with Crippen molar-refractivity contribution < 1.29 is 23.9 Å². The lowest BCUT2D eigenvalue weighted by Crippen LogP contribution is -2.29. The van der Waals surface area contributed by atoms with Gasteiger partial charge in [-0.05, 0) is 56.2 Å². The largest absolute Gasteiger partial charge is 0.469 e. The van der Waals surface area contributed by atoms with Crippen LogP contribution in [0.2, 0.25) is 13.1 Å². The number of ether oxygens (including phenoxy) is 1. The van der Waals surface area contributed by atoms with Gasteiger partial charge in [0.15, 0.2) is 14.8 Å². The summed E-state index contributed by atoms with van der Waals surface area (Å²) < 4.78 is 10.4. The Bertz CT molecular complexity index is 635. The Balaban J connectivity index is 2.55. The number of unbranched alkanes of at least 4 members (excludes halogenated alkanes) is 4. The molecule has 4 unspecified atom stereocenters. The number of hydrogen-bond acceptors (Lipinski definition) is 5. The van der Waals surface area contributed by atoms with Gasteiger partial charge in [0.2, 0.25) is 0 Å². The van der Waals surface area contributed by atoms with E-state index in [-0.39, 0.29) is 29.0 Å². The van der Waals surface area contributed by atoms with Crippen molar-refractivity contribution in [3.63, 3.8) is 0 Å². The second-order valence-corrected chi connectivity index (χ2v) is 13.2. The van der Waals surface area contributed by atoms with Crippen LogP contribution in [-0.2, 0) is 18.8 Å². The maximum atomic E-state index is 12.5. The number of ketones is 1. The van der Waals surface area contributed by atoms with E-state index in [1.165, 1.54) is 20.0 Å². The Kier molecular flexibility index (Phi) is 14.1. The smallest absolute Gasteiger partial charge is 0.305 e. The monoisotopic (exact) mass is 480 g/mol. The summed E-state index contributed by atoms with van der Waals surface area (Å²) in [4.78, 5) is 23.7. The van der Waals surface area contributed by atoms with E-state index in [4.69, 9.17) is 4.43 Å². The Morgan fingerprint density at radius 1 is 1.12 bits per heavy atom. The Morgan fingerprint density at radius 2 is 1.79 bits per heavy atom. The van der Waals surface area contributed by atoms with Crippen molar-refractivity contribution >= 4 is 20.8 Å². The lowest BCUT2D eigenvalue weighted by Gasteiger charge is -2.29. The average molecular weight is 481 g/mol. The summed E-state index contributed by atoms with van der Waals surface area (Å²) in [6.07, 6.45) is 15.3. The number of aliphatic hydroxyl groups is 1. The van der Waals surface area contributed by atoms with Crippen LogP contribution in [0.25, 0.3) is 0 Å². The molecule has 0 aromatic carbocycles. The molecule has 1 aliphatic rings. The summed E-state index contributed by atoms with van der Waals surface area (Å²) in [5, 5.41) is 10.7. The molecule has 0 saturated carbocycles. The third-order valence-electron chi connectivity index (χ3n) is 6.54. The van der Waals surface area contributed by atoms with E-state index in [1.54, 1.807) is 6.08 Å². The van der Waals surface area contributed by atoms with E-state index < -0.39 is 15.1 Å². The highest BCUT2D eigenvalue weighted by molar-refractivity contribution is 6.48. The minimum Gasteiger partial charge on any atom is -0.469 e. The number of carbonyl (C=O) groups is 2. The first-order valence-corrected chi connectivity index (χ1v) is 15.6. The Labute approximate surface area is 203 Å². The van der Waals surface area contributed by atoms with Crippen LogP contribution in [-0.4, -0.2) is 45.7 Å². The maximum absolute atomic E-state index is 12.5. The standard InChI is InChI=1S/C27H48O5Si/c1-27(2,3)22(13-9-8-12-20-32-33(5)6)18-16-21-17-19-24(29)26(21)23(28)14-10-7-11-15-25(30)31-4/h16-19,21-23,26,28,33H,7-15,20H2,1-6H3. The molecule has 0 spiro atoms. The summed E-state index contributed by atoms with van der Waals surface area (Å²) in [6, 6.07) is 0. The van der Waals surface area contributed by atoms with Crippen molar-refractivity contribution in [3.8, 4) is 0 Å². The fraction of sp³-hybridized carbons (Fsp3) is 0.778. The lowest BCUT2D eigenvalue weighted by molar-refractivity contribution is -0.140. The van der Waals surface area contributed by atoms with Gasteiger partial charge in [0.25, 0.3) is 0 Å². The molecule has 1 rings (SSSR count). The molecule has 0 aromatic rings. The summed E-state index contributed by atoms with van der Waals surface area (Å²) in [7, 11) is 0.481. The number of aliphatic hydroxyl groups excluding tert-OH is 1. The van der Waals surface area contributed by atoms with E-state index in [1.807, 2.05) is 6.08 Å². The molecule has 0 fully saturated rings. The zero-order chi connectivity index (χ0) is 24.9. The van der Waals surface area contributed by atoms with Crippen LogP contribution in [0, 0.1) is 23.2 Å². The molecule has 0 aliphatic heterocycles. The topological polar surface area (TPSA) is 72.8 Å². The van der Waals surface area contributed by atoms with Crippen LogP contribution in [0.4, 0.5) is 0 Å². The molecular formula is C27H48O5Si. The predicted octanol–water partition coefficient (Wildman–Crippen LogP) is 5.62. The van der Waals surface area contributed by atoms with Gasteiger partial charge in [-0.15, -0.1) is 0 Å². The molecule has 5 nitrogen and oxygen atoms in total. The molecule has 6 heteroatoms. The van der Waals surface area contributed by atoms with Gasteiger partial charge in [-0.2, -0.15) is 0 Å². The van der Waals surface area contributed by atoms with Gasteiger partial charge in [0.05, 0.1) is 19.1 Å². The number of hydrogen-bond donors (Lipinski definition) is 1. The first-order valence-electron chi connectivity index (χ1n) is 12.8. The number of carbonyl (C=O) groups excluding carboxylic acids is 2. The van der Waals surface area contributed by atoms with Crippen LogP contribution >= 0.6 is 0 Å². The molecule has 0 bridgehead atoms. The highest BCUT2D eigenvalue weighted by atomic mass is 28.3. The molecule has 33 heavy (non-hydrogen) atoms. The van der Waals surface area contributed by atoms with E-state index in [2.05, 4.69) is 50.8 Å². The van der Waals surface area contributed by atoms with Gasteiger partial charge >= 0.3 is 5.97 Å². The van der Waals surface area contributed by atoms with Gasteiger partial charge in [0.1, 0.15) is 0 Å². The molecule has 4 atom stereocenters. The van der Waals surface area contributed by atoms with E-state index in [0.717, 1.165) is 38.7 Å². The van der Waals surface area contributed by atoms with Crippen molar-refractivity contribution in [2.24, 2.45) is 23.2 Å². The SMILES string of the molecule is COC(=O)CCCCCC(O)C1C(=O)C=CC1C=CC(CCCCCO[SiH](C)C)C(C)(C)C. The fourth-order valence-electron chi connectivity index (χ4n) is 4.38. The fourth-order valence-corrected chi connectivity index (χ4v) is 5.02. The summed E-state index contributed by atoms with van der Waals surface area (Å²) >= 11 is 0. The van der Waals surface area contributed by atoms with Gasteiger partial charge in [0, 0.05) is 18.9 Å². The number of esters is 1. The molecule has 0 saturated heterocycles. The van der Waals surface area contributed by atoms with E-state index in [0.29, 0.717) is 18.8 Å². The minimum absolute atomic E-state index is 0.0210. The van der Waals surface area contributed by atoms with Gasteiger partial charge < -0.3 is 14.3 Å². The quantitative estimate of drug-likeness (QED) is 0.134. The van der Waals surface area contributed by atoms with E-state index in [9.17, 15) is 14.7 Å². The number of rotatable bonds is 16. The number of methoxy groups -OCH3 is 1. The highest BCUT2D eigenvalue weighted by Crippen LogP contribution is 2.34. The molecule has 0 amide bonds. The first-order chi connectivity index (χ1) is 15.6. The molecule has 190 valence electrons. The van der Waals surface area contributed by atoms with Crippen molar-refractivity contribution in [3.05, 3.63) is 24.3 Å². The lowest BCUT2D eigenvalue weighted by atomic mass is 9.76. The Morgan fingerprint density at radius 3 is 2.42 bits per heavy atom. The molecule has 0 radical (unpaired) electrons. The van der Waals surface area contributed by atoms with Crippen LogP contribution in [0.1, 0.15) is 78.6 Å². The third-order valence-corrected chi connectivity index (χ3v) is 7.44. The first kappa shape index (κ1) is 29.8. The van der Waals surface area contributed by atoms with Crippen molar-refractivity contribution in [2.75, 3.05) is 13.7 Å². The third kappa shape index (κ3) is 12.1. The molecule has 0 aromatic heterocycles. The average Bonchev–Trinajstić information content (AvgIpc) is 3.11. The Hall–Kier alpha value is -1.24. The second kappa shape index (κ2) is 15.6. The van der Waals surface area contributed by atoms with Crippen LogP contribution in [0.3, 0.4) is 0 Å². The summed E-state index contributed by atoms with van der Waals surface area (Å²) in [6.45, 7) is 12.1. The molecular weight excluding hydrogens is 432 g/mol. The number of allylic oxidation sites excluding steroid dienone is 4. The molecule has 1 N–H and O–H groups in total. The van der Waals surface area contributed by atoms with Crippen molar-refractivity contribution in [1.29, 1.82) is 0 Å². The van der Waals surface area contributed by atoms with Gasteiger partial charge in [-0.25, -0.2) is 0 Å². The van der Waals surface area contributed by atoms with Crippen molar-refractivity contribution in [1.82, 2.24) is 0 Å². The molecule has 1 aliphatic carbocycles.